The number of hydrogen-bond acceptors (Lipinski definition) is 7. The summed E-state index contributed by atoms with van der Waals surface area (Å²) >= 11 is 0. The molecule has 4 fully saturated rings. The molecular weight excluding hydrogens is 542 g/mol. The number of allylic oxidation sites excluding steroid dienone is 8. The summed E-state index contributed by atoms with van der Waals surface area (Å²) in [6.45, 7) is 3.54. The van der Waals surface area contributed by atoms with Crippen molar-refractivity contribution in [1.82, 2.24) is 0 Å². The number of nitrogens with two attached hydrogens (primary N) is 1. The first kappa shape index (κ1) is 28.7. The Morgan fingerprint density at radius 3 is 2.67 bits per heavy atom. The molecule has 5 aliphatic carbocycles. The Kier molecular flexibility index (Phi) is 6.82. The number of carbonyl (C=O) groups is 2. The van der Waals surface area contributed by atoms with Gasteiger partial charge in [-0.05, 0) is 79.7 Å². The van der Waals surface area contributed by atoms with Gasteiger partial charge in [-0.3, -0.25) is 9.59 Å². The second-order valence-electron chi connectivity index (χ2n) is 13.8. The van der Waals surface area contributed by atoms with Crippen LogP contribution in [0.25, 0.3) is 6.08 Å². The van der Waals surface area contributed by atoms with Crippen molar-refractivity contribution in [2.24, 2.45) is 34.3 Å². The SMILES string of the molecule is C[C@]12C=CC(=O)C=C1CC[C@@H]1[C@@H]2[C@@H](O)C[C@@]2(C)[C@H]1C[C@H]1O[C@H](c3ccc(/C=C/C4=CC(N)=CCC4)cc3)O[C@]12C(=O)CO. The maximum absolute atomic E-state index is 13.7. The van der Waals surface area contributed by atoms with Crippen molar-refractivity contribution in [2.75, 3.05) is 6.61 Å². The van der Waals surface area contributed by atoms with Gasteiger partial charge in [0.2, 0.25) is 0 Å². The van der Waals surface area contributed by atoms with Crippen molar-refractivity contribution in [3.63, 3.8) is 0 Å². The lowest BCUT2D eigenvalue weighted by Gasteiger charge is -2.59. The van der Waals surface area contributed by atoms with Gasteiger partial charge in [-0.1, -0.05) is 68.0 Å². The van der Waals surface area contributed by atoms with Crippen molar-refractivity contribution >= 4 is 17.6 Å². The Morgan fingerprint density at radius 1 is 1.14 bits per heavy atom. The highest BCUT2D eigenvalue weighted by Gasteiger charge is 2.75. The first-order valence-electron chi connectivity index (χ1n) is 15.6. The number of carbonyl (C=O) groups excluding carboxylic acids is 2. The van der Waals surface area contributed by atoms with Gasteiger partial charge in [-0.15, -0.1) is 0 Å². The van der Waals surface area contributed by atoms with Gasteiger partial charge in [-0.25, -0.2) is 0 Å². The van der Waals surface area contributed by atoms with Crippen LogP contribution in [0.3, 0.4) is 0 Å². The van der Waals surface area contributed by atoms with Crippen LogP contribution in [0.15, 0.2) is 77.6 Å². The molecular formula is C36H41NO6. The summed E-state index contributed by atoms with van der Waals surface area (Å²) in [6.07, 6.45) is 16.1. The maximum Gasteiger partial charge on any atom is 0.193 e. The third kappa shape index (κ3) is 4.23. The van der Waals surface area contributed by atoms with Gasteiger partial charge in [0, 0.05) is 28.0 Å². The molecule has 7 rings (SSSR count). The molecule has 1 aliphatic heterocycles. The number of rotatable bonds is 5. The molecule has 0 bridgehead atoms. The fourth-order valence-electron chi connectivity index (χ4n) is 9.68. The lowest BCUT2D eigenvalue weighted by molar-refractivity contribution is -0.201. The van der Waals surface area contributed by atoms with Crippen molar-refractivity contribution in [3.05, 3.63) is 88.7 Å². The van der Waals surface area contributed by atoms with Crippen molar-refractivity contribution in [3.8, 4) is 0 Å². The third-order valence-electron chi connectivity index (χ3n) is 11.7. The van der Waals surface area contributed by atoms with Gasteiger partial charge in [0.25, 0.3) is 0 Å². The van der Waals surface area contributed by atoms with Crippen LogP contribution in [0.1, 0.15) is 69.8 Å². The summed E-state index contributed by atoms with van der Waals surface area (Å²) in [5.74, 6) is -0.245. The lowest BCUT2D eigenvalue weighted by Crippen LogP contribution is -2.63. The standard InChI is InChI=1S/C36H41NO6/c1-34-15-14-26(39)17-24(34)12-13-27-28-18-31-36(30(41)20-38,35(28,2)19-29(40)32(27)34)43-33(42-31)23-10-8-21(9-11-23)6-7-22-4-3-5-25(37)16-22/h5-11,14-17,27-29,31-33,38,40H,3-4,12-13,18-20,37H2,1-2H3/b7-6+/t27-,28-,29-,31+,32+,33-,34-,35-,36+/m0/s1. The highest BCUT2D eigenvalue weighted by atomic mass is 16.7. The molecule has 0 aromatic heterocycles. The van der Waals surface area contributed by atoms with Crippen LogP contribution in [-0.2, 0) is 19.1 Å². The fourth-order valence-corrected chi connectivity index (χ4v) is 9.68. The second-order valence-corrected chi connectivity index (χ2v) is 13.8. The molecule has 43 heavy (non-hydrogen) atoms. The minimum absolute atomic E-state index is 0.00470. The van der Waals surface area contributed by atoms with Gasteiger partial charge >= 0.3 is 0 Å². The molecule has 9 atom stereocenters. The van der Waals surface area contributed by atoms with Gasteiger partial charge in [-0.2, -0.15) is 0 Å². The predicted molar refractivity (Wildman–Crippen MR) is 162 cm³/mol. The van der Waals surface area contributed by atoms with E-state index in [9.17, 15) is 19.8 Å². The van der Waals surface area contributed by atoms with Crippen LogP contribution in [0, 0.1) is 28.6 Å². The highest BCUT2D eigenvalue weighted by Crippen LogP contribution is 2.70. The maximum atomic E-state index is 13.7. The summed E-state index contributed by atoms with van der Waals surface area (Å²) in [5, 5.41) is 22.0. The first-order chi connectivity index (χ1) is 20.6. The lowest BCUT2D eigenvalue weighted by atomic mass is 9.46. The molecule has 1 aromatic rings. The molecule has 1 aromatic carbocycles. The molecule has 4 N–H and O–H groups in total. The van der Waals surface area contributed by atoms with Crippen LogP contribution < -0.4 is 5.73 Å². The summed E-state index contributed by atoms with van der Waals surface area (Å²) in [6, 6.07) is 7.94. The zero-order valence-electron chi connectivity index (χ0n) is 24.9. The number of fused-ring (bicyclic) bond motifs is 7. The van der Waals surface area contributed by atoms with E-state index in [1.807, 2.05) is 42.5 Å². The van der Waals surface area contributed by atoms with E-state index in [0.29, 0.717) is 12.8 Å². The molecule has 7 nitrogen and oxygen atoms in total. The van der Waals surface area contributed by atoms with Gasteiger partial charge in [0.1, 0.15) is 6.61 Å². The first-order valence-corrected chi connectivity index (χ1v) is 15.6. The molecule has 226 valence electrons. The van der Waals surface area contributed by atoms with Crippen LogP contribution >= 0.6 is 0 Å². The molecule has 6 aliphatic rings. The number of Topliss-reactive ketones (excluding diaryl/α,β-unsaturated/α-hetero) is 1. The van der Waals surface area contributed by atoms with Gasteiger partial charge in [0.05, 0.1) is 12.2 Å². The Balaban J connectivity index is 1.16. The molecule has 0 spiro atoms. The van der Waals surface area contributed by atoms with Crippen LogP contribution in [0.5, 0.6) is 0 Å². The van der Waals surface area contributed by atoms with E-state index in [4.69, 9.17) is 15.2 Å². The quantitative estimate of drug-likeness (QED) is 0.453. The third-order valence-corrected chi connectivity index (χ3v) is 11.7. The van der Waals surface area contributed by atoms with Crippen LogP contribution in [0.2, 0.25) is 0 Å². The smallest absolute Gasteiger partial charge is 0.193 e. The number of hydrogen-bond donors (Lipinski definition) is 3. The molecule has 1 saturated heterocycles. The predicted octanol–water partition coefficient (Wildman–Crippen LogP) is 4.87. The van der Waals surface area contributed by atoms with Gasteiger partial charge < -0.3 is 25.4 Å². The van der Waals surface area contributed by atoms with E-state index >= 15 is 0 Å². The zero-order valence-corrected chi connectivity index (χ0v) is 24.9. The average Bonchev–Trinajstić information content (AvgIpc) is 3.49. The van der Waals surface area contributed by atoms with Crippen molar-refractivity contribution in [1.29, 1.82) is 0 Å². The second kappa shape index (κ2) is 10.2. The number of aliphatic hydroxyl groups excluding tert-OH is 2. The van der Waals surface area contributed by atoms with Gasteiger partial charge in [0.15, 0.2) is 23.5 Å². The van der Waals surface area contributed by atoms with Crippen molar-refractivity contribution in [2.45, 2.75) is 76.5 Å². The average molecular weight is 584 g/mol. The van der Waals surface area contributed by atoms with Crippen LogP contribution in [-0.4, -0.2) is 46.2 Å². The highest BCUT2D eigenvalue weighted by molar-refractivity contribution is 6.01. The Hall–Kier alpha value is -3.10. The number of ether oxygens (including phenoxy) is 2. The van der Waals surface area contributed by atoms with Crippen molar-refractivity contribution < 1.29 is 29.3 Å². The van der Waals surface area contributed by atoms with E-state index in [1.165, 1.54) is 5.57 Å². The van der Waals surface area contributed by atoms with E-state index < -0.39 is 41.5 Å². The minimum Gasteiger partial charge on any atom is -0.399 e. The molecule has 7 heteroatoms. The number of aliphatic hydroxyl groups is 2. The molecule has 3 saturated carbocycles. The van der Waals surface area contributed by atoms with E-state index in [2.05, 4.69) is 26.0 Å². The molecule has 0 amide bonds. The Bertz CT molecular complexity index is 1500. The Labute approximate surface area is 252 Å². The topological polar surface area (TPSA) is 119 Å². The summed E-state index contributed by atoms with van der Waals surface area (Å²) in [5.41, 5.74) is 8.40. The summed E-state index contributed by atoms with van der Waals surface area (Å²) < 4.78 is 13.3. The zero-order chi connectivity index (χ0) is 30.1. The molecule has 0 radical (unpaired) electrons. The monoisotopic (exact) mass is 583 g/mol. The summed E-state index contributed by atoms with van der Waals surface area (Å²) in [7, 11) is 0. The fraction of sp³-hybridized carbons (Fsp3) is 0.500. The Morgan fingerprint density at radius 2 is 1.93 bits per heavy atom. The minimum atomic E-state index is -1.35. The number of benzene rings is 1. The van der Waals surface area contributed by atoms with Crippen LogP contribution in [0.4, 0.5) is 0 Å². The largest absolute Gasteiger partial charge is 0.399 e. The number of ketones is 2. The summed E-state index contributed by atoms with van der Waals surface area (Å²) in [4.78, 5) is 25.9. The normalized spacial score (nSPS) is 41.6. The molecule has 0 unspecified atom stereocenters. The van der Waals surface area contributed by atoms with E-state index in [1.54, 1.807) is 12.2 Å². The van der Waals surface area contributed by atoms with E-state index in [-0.39, 0.29) is 29.3 Å². The van der Waals surface area contributed by atoms with E-state index in [0.717, 1.165) is 48.1 Å². The molecule has 1 heterocycles.